The number of hydrogen-bond acceptors (Lipinski definition) is 3. The van der Waals surface area contributed by atoms with Gasteiger partial charge in [0, 0.05) is 19.8 Å². The summed E-state index contributed by atoms with van der Waals surface area (Å²) >= 11 is 5.72. The summed E-state index contributed by atoms with van der Waals surface area (Å²) in [5.74, 6) is -1.03. The lowest BCUT2D eigenvalue weighted by Gasteiger charge is -2.13. The lowest BCUT2D eigenvalue weighted by molar-refractivity contribution is 0.0929. The van der Waals surface area contributed by atoms with Gasteiger partial charge in [-0.25, -0.2) is 9.37 Å². The van der Waals surface area contributed by atoms with Crippen LogP contribution in [0.3, 0.4) is 0 Å². The van der Waals surface area contributed by atoms with E-state index in [1.807, 2.05) is 6.92 Å². The van der Waals surface area contributed by atoms with Crippen molar-refractivity contribution < 1.29 is 13.9 Å². The van der Waals surface area contributed by atoms with Crippen LogP contribution in [-0.4, -0.2) is 30.6 Å². The minimum Gasteiger partial charge on any atom is -0.385 e. The molecular formula is C11H14ClFN2O2. The molecule has 1 rings (SSSR count). The number of rotatable bonds is 5. The van der Waals surface area contributed by atoms with Gasteiger partial charge in [-0.05, 0) is 19.4 Å². The van der Waals surface area contributed by atoms with Crippen LogP contribution in [0.4, 0.5) is 4.39 Å². The maximum Gasteiger partial charge on any atom is 0.254 e. The number of methoxy groups -OCH3 is 1. The molecule has 0 aromatic carbocycles. The molecule has 0 bridgehead atoms. The molecule has 4 nitrogen and oxygen atoms in total. The molecule has 1 unspecified atom stereocenters. The van der Waals surface area contributed by atoms with Crippen LogP contribution in [-0.2, 0) is 4.74 Å². The fraction of sp³-hybridized carbons (Fsp3) is 0.455. The van der Waals surface area contributed by atoms with E-state index in [0.29, 0.717) is 13.0 Å². The smallest absolute Gasteiger partial charge is 0.254 e. The molecule has 0 aliphatic carbocycles. The molecule has 6 heteroatoms. The lowest BCUT2D eigenvalue weighted by atomic mass is 10.2. The number of nitrogens with zero attached hydrogens (tertiary/aromatic N) is 1. The number of amides is 1. The number of aromatic nitrogens is 1. The van der Waals surface area contributed by atoms with E-state index >= 15 is 0 Å². The number of nitrogens with one attached hydrogen (secondary N) is 1. The Balaban J connectivity index is 2.66. The van der Waals surface area contributed by atoms with Gasteiger partial charge in [-0.3, -0.25) is 4.79 Å². The van der Waals surface area contributed by atoms with E-state index < -0.39 is 11.7 Å². The Bertz CT molecular complexity index is 401. The van der Waals surface area contributed by atoms with Crippen LogP contribution >= 0.6 is 11.6 Å². The molecule has 17 heavy (non-hydrogen) atoms. The SMILES string of the molecule is COCCC(C)NC(=O)c1cc(F)cnc1Cl. The Kier molecular flexibility index (Phi) is 5.31. The Morgan fingerprint density at radius 2 is 2.41 bits per heavy atom. The van der Waals surface area contributed by atoms with Gasteiger partial charge in [0.2, 0.25) is 0 Å². The molecular weight excluding hydrogens is 247 g/mol. The molecule has 1 aromatic rings. The molecule has 0 saturated heterocycles. The molecule has 0 aliphatic heterocycles. The van der Waals surface area contributed by atoms with Crippen LogP contribution in [0.25, 0.3) is 0 Å². The lowest BCUT2D eigenvalue weighted by Crippen LogP contribution is -2.33. The normalized spacial score (nSPS) is 12.2. The second-order valence-corrected chi connectivity index (χ2v) is 4.01. The first kappa shape index (κ1) is 13.9. The van der Waals surface area contributed by atoms with Crippen molar-refractivity contribution in [1.29, 1.82) is 0 Å². The van der Waals surface area contributed by atoms with E-state index in [4.69, 9.17) is 16.3 Å². The average Bonchev–Trinajstić information content (AvgIpc) is 2.29. The van der Waals surface area contributed by atoms with Crippen molar-refractivity contribution in [1.82, 2.24) is 10.3 Å². The molecule has 1 atom stereocenters. The predicted molar refractivity (Wildman–Crippen MR) is 62.6 cm³/mol. The highest BCUT2D eigenvalue weighted by Gasteiger charge is 2.14. The molecule has 0 radical (unpaired) electrons. The minimum atomic E-state index is -0.593. The first-order valence-electron chi connectivity index (χ1n) is 5.15. The van der Waals surface area contributed by atoms with Crippen LogP contribution in [0.5, 0.6) is 0 Å². The van der Waals surface area contributed by atoms with E-state index in [0.717, 1.165) is 12.3 Å². The Hall–Kier alpha value is -1.20. The van der Waals surface area contributed by atoms with Gasteiger partial charge in [0.05, 0.1) is 11.8 Å². The van der Waals surface area contributed by atoms with Crippen LogP contribution in [0.1, 0.15) is 23.7 Å². The van der Waals surface area contributed by atoms with Crippen LogP contribution < -0.4 is 5.32 Å². The summed E-state index contributed by atoms with van der Waals surface area (Å²) in [6.45, 7) is 2.37. The van der Waals surface area contributed by atoms with Crippen LogP contribution in [0.2, 0.25) is 5.15 Å². The Morgan fingerprint density at radius 3 is 3.06 bits per heavy atom. The van der Waals surface area contributed by atoms with E-state index in [1.165, 1.54) is 0 Å². The number of carbonyl (C=O) groups excluding carboxylic acids is 1. The third-order valence-electron chi connectivity index (χ3n) is 2.18. The van der Waals surface area contributed by atoms with E-state index in [1.54, 1.807) is 7.11 Å². The fourth-order valence-corrected chi connectivity index (χ4v) is 1.44. The number of ether oxygens (including phenoxy) is 1. The van der Waals surface area contributed by atoms with Crippen molar-refractivity contribution in [3.05, 3.63) is 28.8 Å². The van der Waals surface area contributed by atoms with E-state index in [9.17, 15) is 9.18 Å². The standard InChI is InChI=1S/C11H14ClFN2O2/c1-7(3-4-17-2)15-11(16)9-5-8(13)6-14-10(9)12/h5-7H,3-4H2,1-2H3,(H,15,16). The highest BCUT2D eigenvalue weighted by atomic mass is 35.5. The third-order valence-corrected chi connectivity index (χ3v) is 2.48. The third kappa shape index (κ3) is 4.28. The Morgan fingerprint density at radius 1 is 1.71 bits per heavy atom. The molecule has 0 fully saturated rings. The quantitative estimate of drug-likeness (QED) is 0.824. The number of hydrogen-bond donors (Lipinski definition) is 1. The Labute approximate surface area is 104 Å². The molecule has 1 amide bonds. The van der Waals surface area contributed by atoms with Crippen LogP contribution in [0, 0.1) is 5.82 Å². The highest BCUT2D eigenvalue weighted by molar-refractivity contribution is 6.32. The average molecular weight is 261 g/mol. The topological polar surface area (TPSA) is 51.2 Å². The van der Waals surface area contributed by atoms with Crippen molar-refractivity contribution in [3.8, 4) is 0 Å². The van der Waals surface area contributed by atoms with E-state index in [2.05, 4.69) is 10.3 Å². The summed E-state index contributed by atoms with van der Waals surface area (Å²) < 4.78 is 17.8. The fourth-order valence-electron chi connectivity index (χ4n) is 1.25. The second kappa shape index (κ2) is 6.51. The van der Waals surface area contributed by atoms with Crippen molar-refractivity contribution in [2.75, 3.05) is 13.7 Å². The monoisotopic (exact) mass is 260 g/mol. The van der Waals surface area contributed by atoms with E-state index in [-0.39, 0.29) is 16.8 Å². The molecule has 0 saturated carbocycles. The van der Waals surface area contributed by atoms with Gasteiger partial charge in [-0.15, -0.1) is 0 Å². The molecule has 1 heterocycles. The zero-order valence-corrected chi connectivity index (χ0v) is 10.4. The molecule has 1 aromatic heterocycles. The zero-order valence-electron chi connectivity index (χ0n) is 9.67. The molecule has 0 spiro atoms. The molecule has 94 valence electrons. The largest absolute Gasteiger partial charge is 0.385 e. The second-order valence-electron chi connectivity index (χ2n) is 3.65. The van der Waals surface area contributed by atoms with Gasteiger partial charge in [0.15, 0.2) is 0 Å². The van der Waals surface area contributed by atoms with Crippen LogP contribution in [0.15, 0.2) is 12.3 Å². The number of halogens is 2. The van der Waals surface area contributed by atoms with Crippen molar-refractivity contribution in [2.45, 2.75) is 19.4 Å². The summed E-state index contributed by atoms with van der Waals surface area (Å²) in [7, 11) is 1.59. The van der Waals surface area contributed by atoms with Gasteiger partial charge in [-0.2, -0.15) is 0 Å². The summed E-state index contributed by atoms with van der Waals surface area (Å²) in [4.78, 5) is 15.3. The van der Waals surface area contributed by atoms with Crippen molar-refractivity contribution in [2.24, 2.45) is 0 Å². The minimum absolute atomic E-state index is 0.0113. The summed E-state index contributed by atoms with van der Waals surface area (Å²) in [5.41, 5.74) is 0.0379. The van der Waals surface area contributed by atoms with Gasteiger partial charge >= 0.3 is 0 Å². The summed E-state index contributed by atoms with van der Waals surface area (Å²) in [5, 5.41) is 2.68. The van der Waals surface area contributed by atoms with Crippen molar-refractivity contribution in [3.63, 3.8) is 0 Å². The maximum atomic E-state index is 12.9. The summed E-state index contributed by atoms with van der Waals surface area (Å²) in [6, 6.07) is 0.982. The van der Waals surface area contributed by atoms with Gasteiger partial charge in [-0.1, -0.05) is 11.6 Å². The first-order valence-corrected chi connectivity index (χ1v) is 5.53. The number of pyridine rings is 1. The zero-order chi connectivity index (χ0) is 12.8. The summed E-state index contributed by atoms with van der Waals surface area (Å²) in [6.07, 6.45) is 1.63. The molecule has 1 N–H and O–H groups in total. The van der Waals surface area contributed by atoms with Gasteiger partial charge in [0.1, 0.15) is 11.0 Å². The van der Waals surface area contributed by atoms with Gasteiger partial charge < -0.3 is 10.1 Å². The number of carbonyl (C=O) groups is 1. The molecule has 0 aliphatic rings. The highest BCUT2D eigenvalue weighted by Crippen LogP contribution is 2.13. The first-order chi connectivity index (χ1) is 8.04. The predicted octanol–water partition coefficient (Wildman–Crippen LogP) is 2.03. The maximum absolute atomic E-state index is 12.9. The van der Waals surface area contributed by atoms with Crippen molar-refractivity contribution >= 4 is 17.5 Å². The van der Waals surface area contributed by atoms with Gasteiger partial charge in [0.25, 0.3) is 5.91 Å².